The molecule has 0 aromatic carbocycles. The summed E-state index contributed by atoms with van der Waals surface area (Å²) >= 11 is 1.66. The first-order chi connectivity index (χ1) is 7.25. The first-order valence-electron chi connectivity index (χ1n) is 5.07. The number of nitrogens with two attached hydrogens (primary N) is 1. The number of hydrogen-bond donors (Lipinski definition) is 3. The Hall–Kier alpha value is -1.07. The Morgan fingerprint density at radius 1 is 1.67 bits per heavy atom. The second kappa shape index (κ2) is 4.63. The second-order valence-electron chi connectivity index (χ2n) is 3.73. The molecule has 0 aliphatic carbocycles. The fourth-order valence-electron chi connectivity index (χ4n) is 1.68. The average Bonchev–Trinajstić information content (AvgIpc) is 2.77. The van der Waals surface area contributed by atoms with E-state index in [9.17, 15) is 4.79 Å². The third-order valence-corrected chi connectivity index (χ3v) is 3.48. The number of anilines is 1. The lowest BCUT2D eigenvalue weighted by atomic mass is 10.2. The predicted molar refractivity (Wildman–Crippen MR) is 61.6 cm³/mol. The normalized spacial score (nSPS) is 20.5. The maximum Gasteiger partial charge on any atom is 0.220 e. The molecule has 1 saturated heterocycles. The van der Waals surface area contributed by atoms with Crippen molar-refractivity contribution in [2.75, 3.05) is 12.3 Å². The summed E-state index contributed by atoms with van der Waals surface area (Å²) in [6.45, 7) is 1.61. The van der Waals surface area contributed by atoms with Crippen molar-refractivity contribution in [2.24, 2.45) is 0 Å². The fourth-order valence-corrected chi connectivity index (χ4v) is 2.45. The molecule has 82 valence electrons. The summed E-state index contributed by atoms with van der Waals surface area (Å²) in [4.78, 5) is 12.1. The molecule has 1 atom stereocenters. The molecule has 2 rings (SSSR count). The minimum atomic E-state index is 0.164. The lowest BCUT2D eigenvalue weighted by Crippen LogP contribution is -2.35. The predicted octanol–water partition coefficient (Wildman–Crippen LogP) is 0.699. The van der Waals surface area contributed by atoms with Crippen LogP contribution in [0.15, 0.2) is 11.4 Å². The van der Waals surface area contributed by atoms with Gasteiger partial charge in [-0.1, -0.05) is 0 Å². The van der Waals surface area contributed by atoms with Gasteiger partial charge in [-0.05, 0) is 17.9 Å². The van der Waals surface area contributed by atoms with Gasteiger partial charge in [0.25, 0.3) is 0 Å². The molecule has 1 fully saturated rings. The molecule has 0 spiro atoms. The first-order valence-corrected chi connectivity index (χ1v) is 5.95. The molecule has 1 aliphatic heterocycles. The van der Waals surface area contributed by atoms with Crippen molar-refractivity contribution >= 4 is 22.9 Å². The van der Waals surface area contributed by atoms with Crippen LogP contribution in [0.3, 0.4) is 0 Å². The highest BCUT2D eigenvalue weighted by atomic mass is 32.1. The van der Waals surface area contributed by atoms with Gasteiger partial charge in [-0.25, -0.2) is 0 Å². The van der Waals surface area contributed by atoms with Crippen molar-refractivity contribution < 1.29 is 4.79 Å². The van der Waals surface area contributed by atoms with Crippen LogP contribution in [0.5, 0.6) is 0 Å². The van der Waals surface area contributed by atoms with Gasteiger partial charge < -0.3 is 16.4 Å². The zero-order valence-electron chi connectivity index (χ0n) is 8.45. The van der Waals surface area contributed by atoms with E-state index in [2.05, 4.69) is 10.6 Å². The Bertz CT molecular complexity index is 350. The van der Waals surface area contributed by atoms with Crippen molar-refractivity contribution in [3.8, 4) is 0 Å². The van der Waals surface area contributed by atoms with E-state index in [-0.39, 0.29) is 5.91 Å². The van der Waals surface area contributed by atoms with Gasteiger partial charge in [0, 0.05) is 36.1 Å². The van der Waals surface area contributed by atoms with Gasteiger partial charge in [-0.2, -0.15) is 0 Å². The van der Waals surface area contributed by atoms with Crippen LogP contribution in [0.25, 0.3) is 0 Å². The molecule has 1 aromatic heterocycles. The van der Waals surface area contributed by atoms with Gasteiger partial charge in [0.2, 0.25) is 5.91 Å². The Kier molecular flexibility index (Phi) is 3.23. The van der Waals surface area contributed by atoms with Gasteiger partial charge in [-0.15, -0.1) is 11.3 Å². The van der Waals surface area contributed by atoms with Crippen molar-refractivity contribution in [1.82, 2.24) is 10.6 Å². The maximum atomic E-state index is 10.9. The highest BCUT2D eigenvalue weighted by Crippen LogP contribution is 2.18. The Labute approximate surface area is 92.9 Å². The Morgan fingerprint density at radius 3 is 3.13 bits per heavy atom. The van der Waals surface area contributed by atoms with Crippen LogP contribution >= 0.6 is 11.3 Å². The van der Waals surface area contributed by atoms with Gasteiger partial charge in [0.15, 0.2) is 0 Å². The standard InChI is InChI=1S/C10H15N3OS/c11-8-3-4-15-9(8)6-12-5-7-1-2-10(14)13-7/h3-4,7,12H,1-2,5-6,11H2,(H,13,14). The summed E-state index contributed by atoms with van der Waals surface area (Å²) in [5.74, 6) is 0.164. The smallest absolute Gasteiger partial charge is 0.220 e. The number of amides is 1. The van der Waals surface area contributed by atoms with Crippen LogP contribution in [-0.2, 0) is 11.3 Å². The zero-order chi connectivity index (χ0) is 10.7. The second-order valence-corrected chi connectivity index (χ2v) is 4.73. The molecule has 0 radical (unpaired) electrons. The molecular formula is C10H15N3OS. The number of nitrogens with one attached hydrogen (secondary N) is 2. The van der Waals surface area contributed by atoms with E-state index < -0.39 is 0 Å². The number of carbonyl (C=O) groups excluding carboxylic acids is 1. The number of thiophene rings is 1. The number of hydrogen-bond acceptors (Lipinski definition) is 4. The quantitative estimate of drug-likeness (QED) is 0.706. The molecule has 1 amide bonds. The zero-order valence-corrected chi connectivity index (χ0v) is 9.27. The first kappa shape index (κ1) is 10.4. The lowest BCUT2D eigenvalue weighted by Gasteiger charge is -2.10. The third kappa shape index (κ3) is 2.70. The minimum Gasteiger partial charge on any atom is -0.398 e. The van der Waals surface area contributed by atoms with Crippen molar-refractivity contribution in [2.45, 2.75) is 25.4 Å². The van der Waals surface area contributed by atoms with Crippen LogP contribution in [0.2, 0.25) is 0 Å². The van der Waals surface area contributed by atoms with Gasteiger partial charge in [0.1, 0.15) is 0 Å². The fraction of sp³-hybridized carbons (Fsp3) is 0.500. The Morgan fingerprint density at radius 2 is 2.53 bits per heavy atom. The van der Waals surface area contributed by atoms with E-state index in [1.807, 2.05) is 11.4 Å². The Balaban J connectivity index is 1.71. The molecule has 1 unspecified atom stereocenters. The monoisotopic (exact) mass is 225 g/mol. The third-order valence-electron chi connectivity index (χ3n) is 2.54. The van der Waals surface area contributed by atoms with E-state index in [1.165, 1.54) is 4.88 Å². The van der Waals surface area contributed by atoms with Crippen molar-refractivity contribution in [1.29, 1.82) is 0 Å². The molecule has 0 saturated carbocycles. The molecule has 15 heavy (non-hydrogen) atoms. The highest BCUT2D eigenvalue weighted by molar-refractivity contribution is 7.10. The van der Waals surface area contributed by atoms with E-state index in [1.54, 1.807) is 11.3 Å². The van der Waals surface area contributed by atoms with Gasteiger partial charge >= 0.3 is 0 Å². The van der Waals surface area contributed by atoms with Gasteiger partial charge in [0.05, 0.1) is 0 Å². The summed E-state index contributed by atoms with van der Waals surface area (Å²) < 4.78 is 0. The van der Waals surface area contributed by atoms with Crippen LogP contribution in [0.4, 0.5) is 5.69 Å². The lowest BCUT2D eigenvalue weighted by molar-refractivity contribution is -0.119. The highest BCUT2D eigenvalue weighted by Gasteiger charge is 2.19. The summed E-state index contributed by atoms with van der Waals surface area (Å²) in [5, 5.41) is 8.22. The summed E-state index contributed by atoms with van der Waals surface area (Å²) in [7, 11) is 0. The maximum absolute atomic E-state index is 10.9. The SMILES string of the molecule is Nc1ccsc1CNCC1CCC(=O)N1. The summed E-state index contributed by atoms with van der Waals surface area (Å²) in [6.07, 6.45) is 1.60. The molecule has 2 heterocycles. The van der Waals surface area contributed by atoms with E-state index in [4.69, 9.17) is 5.73 Å². The van der Waals surface area contributed by atoms with Crippen molar-refractivity contribution in [3.63, 3.8) is 0 Å². The molecule has 1 aliphatic rings. The van der Waals surface area contributed by atoms with E-state index >= 15 is 0 Å². The summed E-state index contributed by atoms with van der Waals surface area (Å²) in [5.41, 5.74) is 6.61. The molecule has 5 heteroatoms. The van der Waals surface area contributed by atoms with Gasteiger partial charge in [-0.3, -0.25) is 4.79 Å². The molecular weight excluding hydrogens is 210 g/mol. The van der Waals surface area contributed by atoms with Crippen LogP contribution in [0, 0.1) is 0 Å². The van der Waals surface area contributed by atoms with Crippen molar-refractivity contribution in [3.05, 3.63) is 16.3 Å². The number of nitrogen functional groups attached to an aromatic ring is 1. The van der Waals surface area contributed by atoms with Crippen LogP contribution in [-0.4, -0.2) is 18.5 Å². The molecule has 0 bridgehead atoms. The average molecular weight is 225 g/mol. The number of carbonyl (C=O) groups is 1. The number of rotatable bonds is 4. The molecule has 1 aromatic rings. The molecule has 4 nitrogen and oxygen atoms in total. The van der Waals surface area contributed by atoms with Crippen LogP contribution < -0.4 is 16.4 Å². The van der Waals surface area contributed by atoms with E-state index in [0.717, 1.165) is 25.2 Å². The minimum absolute atomic E-state index is 0.164. The van der Waals surface area contributed by atoms with Crippen LogP contribution in [0.1, 0.15) is 17.7 Å². The molecule has 4 N–H and O–H groups in total. The largest absolute Gasteiger partial charge is 0.398 e. The van der Waals surface area contributed by atoms with E-state index in [0.29, 0.717) is 12.5 Å². The topological polar surface area (TPSA) is 67.1 Å². The summed E-state index contributed by atoms with van der Waals surface area (Å²) in [6, 6.07) is 2.21.